The number of carbonyl (C=O) groups excluding carboxylic acids is 5. The van der Waals surface area contributed by atoms with Crippen molar-refractivity contribution in [2.24, 2.45) is 23.5 Å². The van der Waals surface area contributed by atoms with Crippen LogP contribution in [0, 0.1) is 30.1 Å². The Bertz CT molecular complexity index is 1300. The van der Waals surface area contributed by atoms with Crippen molar-refractivity contribution in [2.45, 2.75) is 98.3 Å². The van der Waals surface area contributed by atoms with E-state index in [1.165, 1.54) is 26.6 Å². The molecule has 0 aromatic heterocycles. The third kappa shape index (κ3) is 11.0. The number of benzene rings is 1. The number of likely N-dealkylation sites (N-methyl/N-ethyl adjacent to an activating group) is 4. The zero-order valence-corrected chi connectivity index (χ0v) is 30.3. The first-order valence-corrected chi connectivity index (χ1v) is 16.4. The molecule has 4 atom stereocenters. The molecule has 0 saturated heterocycles. The number of unbranched alkanes of at least 4 members (excludes halogenated alkanes) is 2. The molecule has 260 valence electrons. The Balaban J connectivity index is 3.35. The molecule has 10 heteroatoms. The van der Waals surface area contributed by atoms with Crippen molar-refractivity contribution in [3.63, 3.8) is 0 Å². The van der Waals surface area contributed by atoms with Crippen LogP contribution in [0.15, 0.2) is 42.0 Å². The van der Waals surface area contributed by atoms with Gasteiger partial charge >= 0.3 is 0 Å². The van der Waals surface area contributed by atoms with Crippen molar-refractivity contribution >= 4 is 29.5 Å². The lowest BCUT2D eigenvalue weighted by atomic mass is 9.94. The second-order valence-corrected chi connectivity index (χ2v) is 13.4. The van der Waals surface area contributed by atoms with Crippen molar-refractivity contribution in [3.05, 3.63) is 47.5 Å². The molecule has 0 bridgehead atoms. The topological polar surface area (TPSA) is 124 Å². The zero-order valence-electron chi connectivity index (χ0n) is 30.3. The highest BCUT2D eigenvalue weighted by Crippen LogP contribution is 2.23. The molecular formula is C37H57N5O5. The molecule has 0 radical (unpaired) electrons. The predicted molar refractivity (Wildman–Crippen MR) is 187 cm³/mol. The summed E-state index contributed by atoms with van der Waals surface area (Å²) >= 11 is 0. The lowest BCUT2D eigenvalue weighted by Gasteiger charge is -2.41. The van der Waals surface area contributed by atoms with Crippen LogP contribution in [0.5, 0.6) is 0 Å². The number of nitrogens with zero attached hydrogens (tertiary/aromatic N) is 4. The Morgan fingerprint density at radius 3 is 1.57 bits per heavy atom. The van der Waals surface area contributed by atoms with Crippen LogP contribution >= 0.6 is 0 Å². The van der Waals surface area contributed by atoms with Crippen molar-refractivity contribution in [1.82, 2.24) is 19.6 Å². The molecule has 0 spiro atoms. The van der Waals surface area contributed by atoms with Crippen LogP contribution in [0.25, 0.3) is 0 Å². The monoisotopic (exact) mass is 651 g/mol. The van der Waals surface area contributed by atoms with Gasteiger partial charge in [-0.3, -0.25) is 24.0 Å². The summed E-state index contributed by atoms with van der Waals surface area (Å²) in [6, 6.07) is 5.67. The number of nitrogens with two attached hydrogens (primary N) is 1. The minimum atomic E-state index is -0.928. The van der Waals surface area contributed by atoms with E-state index in [4.69, 9.17) is 12.2 Å². The van der Waals surface area contributed by atoms with E-state index >= 15 is 0 Å². The fourth-order valence-corrected chi connectivity index (χ4v) is 6.03. The Labute approximate surface area is 282 Å². The minimum absolute atomic E-state index is 0.231. The Kier molecular flexibility index (Phi) is 16.4. The predicted octanol–water partition coefficient (Wildman–Crippen LogP) is 3.74. The minimum Gasteiger partial charge on any atom is -0.368 e. The van der Waals surface area contributed by atoms with E-state index < -0.39 is 41.9 Å². The van der Waals surface area contributed by atoms with Crippen molar-refractivity contribution in [3.8, 4) is 12.3 Å². The second kappa shape index (κ2) is 18.9. The summed E-state index contributed by atoms with van der Waals surface area (Å²) in [6.45, 7) is 12.8. The first kappa shape index (κ1) is 40.9. The highest BCUT2D eigenvalue weighted by Gasteiger charge is 2.42. The van der Waals surface area contributed by atoms with Crippen LogP contribution in [0.4, 0.5) is 0 Å². The number of terminal acetylenes is 1. The molecule has 0 aliphatic carbocycles. The standard InChI is InChI=1S/C37H57N5O5/c1-13-14-15-17-20-27(8)34(44)40(10)31(25(4)5)36(46)42(12)32(26(6)7)37(47)41(11)30(24(2)3)35(45)39(9)29(33(38)43)23-28-21-18-16-19-22-28/h1,16,18-22,24-26,29-32H,14-15,17,23H2,2-12H3,(H2,38,43)/t29-,30-,31-,32-/m0/s1. The van der Waals surface area contributed by atoms with Gasteiger partial charge in [0.1, 0.15) is 24.2 Å². The average Bonchev–Trinajstić information content (AvgIpc) is 3.00. The maximum Gasteiger partial charge on any atom is 0.249 e. The summed E-state index contributed by atoms with van der Waals surface area (Å²) in [4.78, 5) is 73.7. The first-order chi connectivity index (χ1) is 21.9. The number of amides is 5. The summed E-state index contributed by atoms with van der Waals surface area (Å²) in [7, 11) is 6.24. The number of primary amides is 1. The molecule has 1 aromatic rings. The van der Waals surface area contributed by atoms with Crippen molar-refractivity contribution in [2.75, 3.05) is 28.2 Å². The van der Waals surface area contributed by atoms with Gasteiger partial charge in [-0.25, -0.2) is 0 Å². The van der Waals surface area contributed by atoms with Crippen LogP contribution in [0.1, 0.15) is 73.3 Å². The Hall–Kier alpha value is -4.13. The molecule has 0 aliphatic rings. The van der Waals surface area contributed by atoms with E-state index in [1.54, 1.807) is 28.1 Å². The molecule has 0 saturated carbocycles. The third-order valence-corrected chi connectivity index (χ3v) is 8.65. The van der Waals surface area contributed by atoms with Crippen LogP contribution in [-0.2, 0) is 30.4 Å². The van der Waals surface area contributed by atoms with Gasteiger partial charge in [-0.2, -0.15) is 0 Å². The lowest BCUT2D eigenvalue weighted by Crippen LogP contribution is -2.61. The maximum atomic E-state index is 14.2. The van der Waals surface area contributed by atoms with Gasteiger partial charge in [-0.15, -0.1) is 12.3 Å². The Morgan fingerprint density at radius 1 is 0.745 bits per heavy atom. The smallest absolute Gasteiger partial charge is 0.249 e. The van der Waals surface area contributed by atoms with E-state index in [0.717, 1.165) is 12.0 Å². The van der Waals surface area contributed by atoms with Crippen LogP contribution in [0.2, 0.25) is 0 Å². The molecule has 47 heavy (non-hydrogen) atoms. The SMILES string of the molecule is C#CCCCC=C(C)C(=O)N(C)[C@H](C(=O)N(C)[C@H](C(=O)N(C)[C@H](C(=O)N(C)[C@@H](Cc1ccccc1)C(N)=O)C(C)C)C(C)C)C(C)C. The largest absolute Gasteiger partial charge is 0.368 e. The van der Waals surface area contributed by atoms with Crippen LogP contribution in [-0.4, -0.2) is 101 Å². The van der Waals surface area contributed by atoms with Gasteiger partial charge in [0.25, 0.3) is 0 Å². The number of allylic oxidation sites excluding steroid dienone is 1. The molecule has 1 aromatic carbocycles. The molecular weight excluding hydrogens is 594 g/mol. The van der Waals surface area contributed by atoms with Crippen molar-refractivity contribution < 1.29 is 24.0 Å². The van der Waals surface area contributed by atoms with Gasteiger partial charge in [0.2, 0.25) is 29.5 Å². The van der Waals surface area contributed by atoms with Gasteiger partial charge in [-0.05, 0) is 43.1 Å². The summed E-state index contributed by atoms with van der Waals surface area (Å²) in [5, 5.41) is 0. The summed E-state index contributed by atoms with van der Waals surface area (Å²) in [5.74, 6) is -0.447. The summed E-state index contributed by atoms with van der Waals surface area (Å²) in [5.41, 5.74) is 7.12. The van der Waals surface area contributed by atoms with Gasteiger partial charge < -0.3 is 25.3 Å². The fourth-order valence-electron chi connectivity index (χ4n) is 6.03. The summed E-state index contributed by atoms with van der Waals surface area (Å²) in [6.07, 6.45) is 9.43. The molecule has 2 N–H and O–H groups in total. The lowest BCUT2D eigenvalue weighted by molar-refractivity contribution is -0.156. The average molecular weight is 652 g/mol. The van der Waals surface area contributed by atoms with E-state index in [2.05, 4.69) is 5.92 Å². The normalized spacial score (nSPS) is 14.2. The van der Waals surface area contributed by atoms with E-state index in [1.807, 2.05) is 78.0 Å². The molecule has 1 rings (SSSR count). The summed E-state index contributed by atoms with van der Waals surface area (Å²) < 4.78 is 0. The van der Waals surface area contributed by atoms with Gasteiger partial charge in [0.05, 0.1) is 0 Å². The highest BCUT2D eigenvalue weighted by atomic mass is 16.2. The zero-order chi connectivity index (χ0) is 36.2. The molecule has 5 amide bonds. The van der Waals surface area contributed by atoms with E-state index in [9.17, 15) is 24.0 Å². The van der Waals surface area contributed by atoms with Gasteiger partial charge in [0, 0.05) is 46.6 Å². The first-order valence-electron chi connectivity index (χ1n) is 16.4. The van der Waals surface area contributed by atoms with Gasteiger partial charge in [0.15, 0.2) is 0 Å². The van der Waals surface area contributed by atoms with Crippen LogP contribution in [0.3, 0.4) is 0 Å². The van der Waals surface area contributed by atoms with Crippen LogP contribution < -0.4 is 5.73 Å². The fraction of sp³-hybridized carbons (Fsp3) is 0.595. The van der Waals surface area contributed by atoms with Gasteiger partial charge in [-0.1, -0.05) is 78.0 Å². The molecule has 0 unspecified atom stereocenters. The molecule has 10 nitrogen and oxygen atoms in total. The molecule has 0 fully saturated rings. The number of hydrogen-bond acceptors (Lipinski definition) is 5. The number of rotatable bonds is 17. The quantitative estimate of drug-likeness (QED) is 0.156. The van der Waals surface area contributed by atoms with E-state index in [0.29, 0.717) is 18.4 Å². The Morgan fingerprint density at radius 2 is 1.17 bits per heavy atom. The molecule has 0 aliphatic heterocycles. The second-order valence-electron chi connectivity index (χ2n) is 13.4. The number of hydrogen-bond donors (Lipinski definition) is 1. The van der Waals surface area contributed by atoms with Crippen molar-refractivity contribution in [1.29, 1.82) is 0 Å². The maximum absolute atomic E-state index is 14.2. The molecule has 0 heterocycles. The third-order valence-electron chi connectivity index (χ3n) is 8.65. The highest BCUT2D eigenvalue weighted by molar-refractivity contribution is 5.98. The number of carbonyl (C=O) groups is 5. The van der Waals surface area contributed by atoms with E-state index in [-0.39, 0.29) is 36.0 Å².